The number of methoxy groups -OCH3 is 1. The quantitative estimate of drug-likeness (QED) is 0.648. The van der Waals surface area contributed by atoms with Crippen LogP contribution in [0.4, 0.5) is 4.39 Å². The van der Waals surface area contributed by atoms with Gasteiger partial charge in [-0.05, 0) is 18.2 Å². The van der Waals surface area contributed by atoms with Crippen molar-refractivity contribution < 1.29 is 13.9 Å². The van der Waals surface area contributed by atoms with Crippen LogP contribution >= 0.6 is 31.9 Å². The van der Waals surface area contributed by atoms with Crippen LogP contribution in [0.1, 0.15) is 11.1 Å². The van der Waals surface area contributed by atoms with Crippen molar-refractivity contribution in [2.45, 2.75) is 11.9 Å². The molecule has 0 aliphatic rings. The Balaban J connectivity index is 2.22. The zero-order chi connectivity index (χ0) is 14.5. The lowest BCUT2D eigenvalue weighted by molar-refractivity contribution is 0.281. The second kappa shape index (κ2) is 7.09. The molecule has 0 atom stereocenters. The van der Waals surface area contributed by atoms with Gasteiger partial charge in [0.15, 0.2) is 11.5 Å². The SMILES string of the molecule is COc1cccc(CBr)c1OCc1ccc(F)cc1Br. The van der Waals surface area contributed by atoms with E-state index in [0.29, 0.717) is 27.9 Å². The highest BCUT2D eigenvalue weighted by Crippen LogP contribution is 2.33. The summed E-state index contributed by atoms with van der Waals surface area (Å²) in [6, 6.07) is 10.3. The Labute approximate surface area is 134 Å². The largest absolute Gasteiger partial charge is 0.493 e. The lowest BCUT2D eigenvalue weighted by Gasteiger charge is -2.14. The Bertz CT molecular complexity index is 580. The summed E-state index contributed by atoms with van der Waals surface area (Å²) in [7, 11) is 1.61. The zero-order valence-corrected chi connectivity index (χ0v) is 14.0. The van der Waals surface area contributed by atoms with E-state index in [2.05, 4.69) is 31.9 Å². The van der Waals surface area contributed by atoms with Gasteiger partial charge in [-0.15, -0.1) is 0 Å². The Morgan fingerprint density at radius 3 is 2.60 bits per heavy atom. The topological polar surface area (TPSA) is 18.5 Å². The fourth-order valence-corrected chi connectivity index (χ4v) is 2.69. The lowest BCUT2D eigenvalue weighted by atomic mass is 10.2. The fourth-order valence-electron chi connectivity index (χ4n) is 1.78. The van der Waals surface area contributed by atoms with E-state index in [1.165, 1.54) is 12.1 Å². The third-order valence-corrected chi connectivity index (χ3v) is 4.15. The van der Waals surface area contributed by atoms with E-state index in [0.717, 1.165) is 11.1 Å². The van der Waals surface area contributed by atoms with Crippen LogP contribution < -0.4 is 9.47 Å². The van der Waals surface area contributed by atoms with Gasteiger partial charge in [0.05, 0.1) is 7.11 Å². The van der Waals surface area contributed by atoms with Crippen LogP contribution in [0, 0.1) is 5.82 Å². The van der Waals surface area contributed by atoms with Gasteiger partial charge in [-0.2, -0.15) is 0 Å². The third kappa shape index (κ3) is 3.52. The summed E-state index contributed by atoms with van der Waals surface area (Å²) >= 11 is 6.76. The molecule has 106 valence electrons. The van der Waals surface area contributed by atoms with Crippen molar-refractivity contribution in [1.29, 1.82) is 0 Å². The van der Waals surface area contributed by atoms with Crippen LogP contribution in [0.25, 0.3) is 0 Å². The van der Waals surface area contributed by atoms with Gasteiger partial charge in [0.25, 0.3) is 0 Å². The standard InChI is InChI=1S/C15H13Br2FO2/c1-19-14-4-2-3-10(8-16)15(14)20-9-11-5-6-12(18)7-13(11)17/h2-7H,8-9H2,1H3. The van der Waals surface area contributed by atoms with E-state index in [4.69, 9.17) is 9.47 Å². The highest BCUT2D eigenvalue weighted by atomic mass is 79.9. The average Bonchev–Trinajstić information content (AvgIpc) is 2.46. The number of hydrogen-bond donors (Lipinski definition) is 0. The molecule has 2 rings (SSSR count). The Morgan fingerprint density at radius 1 is 1.15 bits per heavy atom. The molecule has 0 bridgehead atoms. The molecule has 0 N–H and O–H groups in total. The molecule has 0 aromatic heterocycles. The predicted molar refractivity (Wildman–Crippen MR) is 84.1 cm³/mol. The van der Waals surface area contributed by atoms with E-state index in [1.807, 2.05) is 18.2 Å². The lowest BCUT2D eigenvalue weighted by Crippen LogP contribution is -2.01. The van der Waals surface area contributed by atoms with Crippen LogP contribution in [0.15, 0.2) is 40.9 Å². The first kappa shape index (κ1) is 15.3. The number of hydrogen-bond acceptors (Lipinski definition) is 2. The first-order valence-corrected chi connectivity index (χ1v) is 7.85. The number of alkyl halides is 1. The van der Waals surface area contributed by atoms with E-state index in [-0.39, 0.29) is 5.82 Å². The van der Waals surface area contributed by atoms with Gasteiger partial charge < -0.3 is 9.47 Å². The number of halogens is 3. The Hall–Kier alpha value is -1.07. The molecule has 0 aliphatic carbocycles. The molecule has 2 aromatic carbocycles. The molecule has 0 saturated heterocycles. The average molecular weight is 404 g/mol. The van der Waals surface area contributed by atoms with Gasteiger partial charge in [-0.3, -0.25) is 0 Å². The Morgan fingerprint density at radius 2 is 1.95 bits per heavy atom. The van der Waals surface area contributed by atoms with Gasteiger partial charge in [0.1, 0.15) is 12.4 Å². The van der Waals surface area contributed by atoms with Crippen molar-refractivity contribution in [2.75, 3.05) is 7.11 Å². The van der Waals surface area contributed by atoms with Crippen LogP contribution in [0.5, 0.6) is 11.5 Å². The summed E-state index contributed by atoms with van der Waals surface area (Å²) in [5.41, 5.74) is 1.88. The monoisotopic (exact) mass is 402 g/mol. The van der Waals surface area contributed by atoms with Crippen molar-refractivity contribution >= 4 is 31.9 Å². The molecule has 0 fully saturated rings. The zero-order valence-electron chi connectivity index (χ0n) is 10.8. The smallest absolute Gasteiger partial charge is 0.165 e. The second-order valence-electron chi connectivity index (χ2n) is 4.11. The summed E-state index contributed by atoms with van der Waals surface area (Å²) in [6.07, 6.45) is 0. The summed E-state index contributed by atoms with van der Waals surface area (Å²) < 4.78 is 24.9. The number of benzene rings is 2. The van der Waals surface area contributed by atoms with Crippen molar-refractivity contribution in [2.24, 2.45) is 0 Å². The maximum Gasteiger partial charge on any atom is 0.165 e. The van der Waals surface area contributed by atoms with Crippen molar-refractivity contribution in [3.05, 3.63) is 57.8 Å². The van der Waals surface area contributed by atoms with Gasteiger partial charge >= 0.3 is 0 Å². The van der Waals surface area contributed by atoms with Crippen LogP contribution in [-0.2, 0) is 11.9 Å². The Kier molecular flexibility index (Phi) is 5.43. The molecule has 5 heteroatoms. The van der Waals surface area contributed by atoms with E-state index in [1.54, 1.807) is 13.2 Å². The van der Waals surface area contributed by atoms with Crippen molar-refractivity contribution in [1.82, 2.24) is 0 Å². The predicted octanol–water partition coefficient (Wildman–Crippen LogP) is 5.07. The van der Waals surface area contributed by atoms with Gasteiger partial charge in [-0.1, -0.05) is 50.1 Å². The second-order valence-corrected chi connectivity index (χ2v) is 5.52. The molecule has 0 aliphatic heterocycles. The van der Waals surface area contributed by atoms with E-state index >= 15 is 0 Å². The molecule has 0 saturated carbocycles. The fraction of sp³-hybridized carbons (Fsp3) is 0.200. The van der Waals surface area contributed by atoms with Crippen molar-refractivity contribution in [3.63, 3.8) is 0 Å². The maximum absolute atomic E-state index is 13.1. The summed E-state index contributed by atoms with van der Waals surface area (Å²) in [6.45, 7) is 0.335. The molecule has 0 unspecified atom stereocenters. The minimum atomic E-state index is -0.279. The molecule has 2 nitrogen and oxygen atoms in total. The van der Waals surface area contributed by atoms with Gasteiger partial charge in [-0.25, -0.2) is 4.39 Å². The summed E-state index contributed by atoms with van der Waals surface area (Å²) in [5.74, 6) is 1.10. The number of rotatable bonds is 5. The molecule has 0 heterocycles. The molecular formula is C15H13Br2FO2. The normalized spacial score (nSPS) is 10.4. The van der Waals surface area contributed by atoms with Gasteiger partial charge in [0, 0.05) is 20.9 Å². The van der Waals surface area contributed by atoms with Crippen LogP contribution in [0.3, 0.4) is 0 Å². The minimum absolute atomic E-state index is 0.279. The van der Waals surface area contributed by atoms with E-state index < -0.39 is 0 Å². The molecule has 20 heavy (non-hydrogen) atoms. The first-order chi connectivity index (χ1) is 9.65. The highest BCUT2D eigenvalue weighted by molar-refractivity contribution is 9.10. The molecule has 0 radical (unpaired) electrons. The maximum atomic E-state index is 13.1. The molecular weight excluding hydrogens is 391 g/mol. The summed E-state index contributed by atoms with van der Waals surface area (Å²) in [4.78, 5) is 0. The molecule has 0 spiro atoms. The minimum Gasteiger partial charge on any atom is -0.493 e. The molecule has 2 aromatic rings. The van der Waals surface area contributed by atoms with Crippen molar-refractivity contribution in [3.8, 4) is 11.5 Å². The summed E-state index contributed by atoms with van der Waals surface area (Å²) in [5, 5.41) is 0.671. The highest BCUT2D eigenvalue weighted by Gasteiger charge is 2.11. The number of para-hydroxylation sites is 1. The van der Waals surface area contributed by atoms with Crippen LogP contribution in [0.2, 0.25) is 0 Å². The van der Waals surface area contributed by atoms with Gasteiger partial charge in [0.2, 0.25) is 0 Å². The van der Waals surface area contributed by atoms with Crippen LogP contribution in [-0.4, -0.2) is 7.11 Å². The van der Waals surface area contributed by atoms with E-state index in [9.17, 15) is 4.39 Å². The number of ether oxygens (including phenoxy) is 2. The first-order valence-electron chi connectivity index (χ1n) is 5.94. The molecule has 0 amide bonds. The third-order valence-electron chi connectivity index (χ3n) is 2.81.